The molecule has 1 aromatic carbocycles. The molecule has 4 N–H and O–H groups in total. The summed E-state index contributed by atoms with van der Waals surface area (Å²) in [5, 5.41) is 0. The van der Waals surface area contributed by atoms with E-state index >= 15 is 0 Å². The van der Waals surface area contributed by atoms with Gasteiger partial charge in [-0.3, -0.25) is 0 Å². The van der Waals surface area contributed by atoms with E-state index in [0.717, 1.165) is 11.8 Å². The van der Waals surface area contributed by atoms with Crippen LogP contribution in [0.15, 0.2) is 53.7 Å². The minimum Gasteiger partial charge on any atom is -0.384 e. The van der Waals surface area contributed by atoms with Gasteiger partial charge in [-0.1, -0.05) is 12.1 Å². The third-order valence-electron chi connectivity index (χ3n) is 3.44. The fourth-order valence-corrected chi connectivity index (χ4v) is 2.80. The molecule has 0 fully saturated rings. The van der Waals surface area contributed by atoms with Crippen molar-refractivity contribution in [3.63, 3.8) is 0 Å². The van der Waals surface area contributed by atoms with Crippen LogP contribution in [0.5, 0.6) is 0 Å². The maximum Gasteiger partial charge on any atom is 0.175 e. The molecule has 122 valence electrons. The van der Waals surface area contributed by atoms with Crippen molar-refractivity contribution in [1.29, 1.82) is 0 Å². The van der Waals surface area contributed by atoms with Gasteiger partial charge >= 0.3 is 0 Å². The van der Waals surface area contributed by atoms with Gasteiger partial charge in [0, 0.05) is 23.6 Å². The molecule has 0 aliphatic heterocycles. The van der Waals surface area contributed by atoms with Crippen molar-refractivity contribution in [3.8, 4) is 22.5 Å². The van der Waals surface area contributed by atoms with E-state index in [1.165, 1.54) is 12.1 Å². The van der Waals surface area contributed by atoms with Gasteiger partial charge < -0.3 is 11.5 Å². The first kappa shape index (κ1) is 15.9. The summed E-state index contributed by atoms with van der Waals surface area (Å²) in [4.78, 5) is 13.0. The Labute approximate surface area is 139 Å². The lowest BCUT2D eigenvalue weighted by Crippen LogP contribution is -2.00. The zero-order valence-electron chi connectivity index (χ0n) is 12.8. The van der Waals surface area contributed by atoms with Crippen LogP contribution >= 0.6 is 0 Å². The SMILES string of the molecule is CS(=O)(=O)c1ccc(-c2cnc(N)c(-c3ccc(N)nc3)n2)cc1. The van der Waals surface area contributed by atoms with Crippen molar-refractivity contribution in [2.24, 2.45) is 0 Å². The van der Waals surface area contributed by atoms with Crippen LogP contribution in [0.3, 0.4) is 0 Å². The second kappa shape index (κ2) is 5.89. The predicted octanol–water partition coefficient (Wildman–Crippen LogP) is 1.77. The van der Waals surface area contributed by atoms with Crippen molar-refractivity contribution in [2.45, 2.75) is 4.90 Å². The van der Waals surface area contributed by atoms with Crippen LogP contribution in [-0.4, -0.2) is 29.6 Å². The van der Waals surface area contributed by atoms with E-state index in [2.05, 4.69) is 15.0 Å². The number of aromatic nitrogens is 3. The summed E-state index contributed by atoms with van der Waals surface area (Å²) in [5.74, 6) is 0.677. The maximum atomic E-state index is 11.5. The maximum absolute atomic E-state index is 11.5. The smallest absolute Gasteiger partial charge is 0.175 e. The minimum atomic E-state index is -3.24. The van der Waals surface area contributed by atoms with Gasteiger partial charge in [0.25, 0.3) is 0 Å². The molecular formula is C16H15N5O2S. The van der Waals surface area contributed by atoms with Crippen molar-refractivity contribution >= 4 is 21.5 Å². The van der Waals surface area contributed by atoms with Gasteiger partial charge in [0.2, 0.25) is 0 Å². The molecule has 3 rings (SSSR count). The van der Waals surface area contributed by atoms with E-state index in [0.29, 0.717) is 22.8 Å². The minimum absolute atomic E-state index is 0.248. The number of hydrogen-bond donors (Lipinski definition) is 2. The Morgan fingerprint density at radius 2 is 1.54 bits per heavy atom. The molecule has 8 heteroatoms. The number of anilines is 2. The van der Waals surface area contributed by atoms with Gasteiger partial charge in [0.05, 0.1) is 16.8 Å². The number of pyridine rings is 1. The Kier molecular flexibility index (Phi) is 3.90. The summed E-state index contributed by atoms with van der Waals surface area (Å²) in [6, 6.07) is 9.85. The highest BCUT2D eigenvalue weighted by Crippen LogP contribution is 2.26. The zero-order valence-corrected chi connectivity index (χ0v) is 13.7. The molecule has 3 aromatic rings. The normalized spacial score (nSPS) is 11.4. The molecule has 2 aromatic heterocycles. The first-order chi connectivity index (χ1) is 11.3. The predicted molar refractivity (Wildman–Crippen MR) is 92.6 cm³/mol. The summed E-state index contributed by atoms with van der Waals surface area (Å²) in [7, 11) is -3.24. The third kappa shape index (κ3) is 3.18. The highest BCUT2D eigenvalue weighted by atomic mass is 32.2. The average Bonchev–Trinajstić information content (AvgIpc) is 2.56. The van der Waals surface area contributed by atoms with Gasteiger partial charge in [-0.2, -0.15) is 0 Å². The van der Waals surface area contributed by atoms with Crippen LogP contribution in [0.1, 0.15) is 0 Å². The first-order valence-electron chi connectivity index (χ1n) is 6.99. The lowest BCUT2D eigenvalue weighted by atomic mass is 10.1. The molecule has 0 amide bonds. The molecule has 0 atom stereocenters. The van der Waals surface area contributed by atoms with Crippen molar-refractivity contribution in [1.82, 2.24) is 15.0 Å². The van der Waals surface area contributed by atoms with E-state index < -0.39 is 9.84 Å². The van der Waals surface area contributed by atoms with E-state index in [-0.39, 0.29) is 10.7 Å². The molecule has 0 unspecified atom stereocenters. The average molecular weight is 341 g/mol. The fraction of sp³-hybridized carbons (Fsp3) is 0.0625. The number of benzene rings is 1. The highest BCUT2D eigenvalue weighted by Gasteiger charge is 2.11. The highest BCUT2D eigenvalue weighted by molar-refractivity contribution is 7.90. The van der Waals surface area contributed by atoms with Gasteiger partial charge in [-0.05, 0) is 24.3 Å². The number of hydrogen-bond acceptors (Lipinski definition) is 7. The summed E-state index contributed by atoms with van der Waals surface area (Å²) in [5.41, 5.74) is 14.0. The van der Waals surface area contributed by atoms with Crippen LogP contribution in [-0.2, 0) is 9.84 Å². The lowest BCUT2D eigenvalue weighted by Gasteiger charge is -2.08. The van der Waals surface area contributed by atoms with Crippen LogP contribution in [0.4, 0.5) is 11.6 Å². The van der Waals surface area contributed by atoms with E-state index in [4.69, 9.17) is 11.5 Å². The Balaban J connectivity index is 2.04. The molecule has 0 aliphatic rings. The summed E-state index contributed by atoms with van der Waals surface area (Å²) in [6.45, 7) is 0. The van der Waals surface area contributed by atoms with Crippen LogP contribution in [0.25, 0.3) is 22.5 Å². The van der Waals surface area contributed by atoms with E-state index in [9.17, 15) is 8.42 Å². The number of nitrogens with zero attached hydrogens (tertiary/aromatic N) is 3. The number of sulfone groups is 1. The Hall–Kier alpha value is -3.00. The monoisotopic (exact) mass is 341 g/mol. The number of nitrogens with two attached hydrogens (primary N) is 2. The van der Waals surface area contributed by atoms with Gasteiger partial charge in [-0.15, -0.1) is 0 Å². The lowest BCUT2D eigenvalue weighted by molar-refractivity contribution is 0.602. The second-order valence-corrected chi connectivity index (χ2v) is 7.27. The second-order valence-electron chi connectivity index (χ2n) is 5.26. The van der Waals surface area contributed by atoms with Crippen molar-refractivity contribution in [2.75, 3.05) is 17.7 Å². The Morgan fingerprint density at radius 1 is 0.875 bits per heavy atom. The van der Waals surface area contributed by atoms with Gasteiger partial charge in [-0.25, -0.2) is 23.4 Å². The molecular weight excluding hydrogens is 326 g/mol. The summed E-state index contributed by atoms with van der Waals surface area (Å²) >= 11 is 0. The van der Waals surface area contributed by atoms with Gasteiger partial charge in [0.1, 0.15) is 17.3 Å². The van der Waals surface area contributed by atoms with E-state index in [1.54, 1.807) is 36.7 Å². The summed E-state index contributed by atoms with van der Waals surface area (Å²) in [6.07, 6.45) is 4.28. The molecule has 0 saturated carbocycles. The van der Waals surface area contributed by atoms with Gasteiger partial charge in [0.15, 0.2) is 9.84 Å². The molecule has 0 saturated heterocycles. The van der Waals surface area contributed by atoms with Crippen molar-refractivity contribution < 1.29 is 8.42 Å². The Bertz CT molecular complexity index is 984. The molecule has 7 nitrogen and oxygen atoms in total. The standard InChI is InChI=1S/C16H15N5O2S/c1-24(22,23)12-5-2-10(3-6-12)13-9-20-16(18)15(21-13)11-4-7-14(17)19-8-11/h2-9H,1H3,(H2,17,19)(H2,18,20). The first-order valence-corrected chi connectivity index (χ1v) is 8.88. The molecule has 0 radical (unpaired) electrons. The van der Waals surface area contributed by atoms with Crippen LogP contribution < -0.4 is 11.5 Å². The number of rotatable bonds is 3. The molecule has 0 spiro atoms. The molecule has 2 heterocycles. The quantitative estimate of drug-likeness (QED) is 0.743. The van der Waals surface area contributed by atoms with Crippen LogP contribution in [0.2, 0.25) is 0 Å². The molecule has 0 bridgehead atoms. The summed E-state index contributed by atoms with van der Waals surface area (Å²) < 4.78 is 23.1. The fourth-order valence-electron chi connectivity index (χ4n) is 2.17. The van der Waals surface area contributed by atoms with E-state index in [1.807, 2.05) is 0 Å². The largest absolute Gasteiger partial charge is 0.384 e. The number of nitrogen functional groups attached to an aromatic ring is 2. The molecule has 0 aliphatic carbocycles. The molecule has 24 heavy (non-hydrogen) atoms. The van der Waals surface area contributed by atoms with Crippen molar-refractivity contribution in [3.05, 3.63) is 48.8 Å². The van der Waals surface area contributed by atoms with Crippen LogP contribution in [0, 0.1) is 0 Å². The zero-order chi connectivity index (χ0) is 17.3. The third-order valence-corrected chi connectivity index (χ3v) is 4.57. The Morgan fingerprint density at radius 3 is 2.12 bits per heavy atom. The topological polar surface area (TPSA) is 125 Å².